The third kappa shape index (κ3) is 1.50. The molecule has 3 nitrogen and oxygen atoms in total. The van der Waals surface area contributed by atoms with Crippen molar-refractivity contribution < 1.29 is 5.11 Å². The average molecular weight is 270 g/mol. The molecule has 4 heterocycles. The molecule has 1 N–H and O–H groups in total. The maximum atomic E-state index is 9.40. The van der Waals surface area contributed by atoms with Gasteiger partial charge >= 0.3 is 0 Å². The van der Waals surface area contributed by atoms with E-state index in [1.165, 1.54) is 48.2 Å². The molecule has 0 radical (unpaired) electrons. The lowest BCUT2D eigenvalue weighted by atomic mass is 9.84. The van der Waals surface area contributed by atoms with Crippen LogP contribution in [-0.2, 0) is 7.05 Å². The Balaban J connectivity index is 1.98. The number of anilines is 1. The van der Waals surface area contributed by atoms with E-state index in [1.54, 1.807) is 5.56 Å². The van der Waals surface area contributed by atoms with Crippen molar-refractivity contribution in [1.82, 2.24) is 4.57 Å². The molecule has 0 aliphatic carbocycles. The molecule has 1 fully saturated rings. The molecule has 1 aromatic heterocycles. The van der Waals surface area contributed by atoms with Gasteiger partial charge in [0.2, 0.25) is 0 Å². The monoisotopic (exact) mass is 270 g/mol. The zero-order valence-corrected chi connectivity index (χ0v) is 12.3. The molecule has 1 atom stereocenters. The highest BCUT2D eigenvalue weighted by Gasteiger charge is 2.35. The minimum absolute atomic E-state index is 0.218. The van der Waals surface area contributed by atoms with Crippen molar-refractivity contribution in [3.8, 4) is 0 Å². The molecule has 3 aliphatic rings. The minimum Gasteiger partial charge on any atom is -0.396 e. The summed E-state index contributed by atoms with van der Waals surface area (Å²) in [6.07, 6.45) is 2.60. The number of aryl methyl sites for hydroxylation is 1. The summed E-state index contributed by atoms with van der Waals surface area (Å²) in [6.45, 7) is 4.73. The number of aliphatic hydroxyl groups is 1. The van der Waals surface area contributed by atoms with Crippen LogP contribution < -0.4 is 4.90 Å². The molecule has 1 saturated heterocycles. The smallest absolute Gasteiger partial charge is 0.112 e. The first-order valence-corrected chi connectivity index (χ1v) is 7.68. The second kappa shape index (κ2) is 4.26. The Hall–Kier alpha value is -1.48. The van der Waals surface area contributed by atoms with E-state index in [0.29, 0.717) is 0 Å². The van der Waals surface area contributed by atoms with Crippen molar-refractivity contribution in [3.63, 3.8) is 0 Å². The van der Waals surface area contributed by atoms with Crippen LogP contribution in [0.15, 0.2) is 18.2 Å². The van der Waals surface area contributed by atoms with Crippen LogP contribution >= 0.6 is 0 Å². The third-order valence-electron chi connectivity index (χ3n) is 5.28. The fraction of sp³-hybridized carbons (Fsp3) is 0.529. The predicted molar refractivity (Wildman–Crippen MR) is 82.6 cm³/mol. The molecular formula is C17H22N2O. The number of rotatable bonds is 2. The van der Waals surface area contributed by atoms with Gasteiger partial charge in [0, 0.05) is 49.1 Å². The quantitative estimate of drug-likeness (QED) is 0.908. The van der Waals surface area contributed by atoms with Crippen LogP contribution in [0.5, 0.6) is 0 Å². The second-order valence-corrected chi connectivity index (χ2v) is 6.42. The van der Waals surface area contributed by atoms with E-state index in [-0.39, 0.29) is 12.5 Å². The number of benzene rings is 1. The topological polar surface area (TPSA) is 28.4 Å². The van der Waals surface area contributed by atoms with Crippen LogP contribution in [0, 0.1) is 0 Å². The summed E-state index contributed by atoms with van der Waals surface area (Å²) >= 11 is 0. The van der Waals surface area contributed by atoms with E-state index in [2.05, 4.69) is 41.6 Å². The summed E-state index contributed by atoms with van der Waals surface area (Å²) in [5.74, 6) is 2.39. The molecule has 2 bridgehead atoms. The SMILES string of the molecule is CC(CO)c1ccc2c(c1)c1c(n2C)N2CCC1CC2. The zero-order valence-electron chi connectivity index (χ0n) is 12.3. The van der Waals surface area contributed by atoms with E-state index in [1.807, 2.05) is 0 Å². The fourth-order valence-corrected chi connectivity index (χ4v) is 4.05. The highest BCUT2D eigenvalue weighted by molar-refractivity contribution is 5.92. The molecule has 2 aromatic rings. The van der Waals surface area contributed by atoms with Gasteiger partial charge in [0.05, 0.1) is 0 Å². The molecule has 3 aliphatic heterocycles. The summed E-state index contributed by atoms with van der Waals surface area (Å²) in [5, 5.41) is 10.8. The highest BCUT2D eigenvalue weighted by Crippen LogP contribution is 2.47. The van der Waals surface area contributed by atoms with Crippen LogP contribution in [0.2, 0.25) is 0 Å². The van der Waals surface area contributed by atoms with E-state index < -0.39 is 0 Å². The Labute approximate surface area is 119 Å². The van der Waals surface area contributed by atoms with Gasteiger partial charge in [-0.2, -0.15) is 0 Å². The molecule has 5 rings (SSSR count). The van der Waals surface area contributed by atoms with Crippen molar-refractivity contribution >= 4 is 16.7 Å². The van der Waals surface area contributed by atoms with Crippen molar-refractivity contribution in [3.05, 3.63) is 29.3 Å². The maximum absolute atomic E-state index is 9.40. The molecular weight excluding hydrogens is 248 g/mol. The van der Waals surface area contributed by atoms with E-state index >= 15 is 0 Å². The first-order chi connectivity index (χ1) is 9.70. The zero-order chi connectivity index (χ0) is 13.9. The first-order valence-electron chi connectivity index (χ1n) is 7.68. The second-order valence-electron chi connectivity index (χ2n) is 6.42. The van der Waals surface area contributed by atoms with Gasteiger partial charge in [-0.05, 0) is 36.5 Å². The van der Waals surface area contributed by atoms with Gasteiger partial charge in [0.1, 0.15) is 5.82 Å². The lowest BCUT2D eigenvalue weighted by Crippen LogP contribution is -2.39. The Bertz CT molecular complexity index is 665. The number of aliphatic hydroxyl groups excluding tert-OH is 1. The number of hydrogen-bond donors (Lipinski definition) is 1. The van der Waals surface area contributed by atoms with Gasteiger partial charge in [0.25, 0.3) is 0 Å². The molecule has 0 amide bonds. The predicted octanol–water partition coefficient (Wildman–Crippen LogP) is 2.97. The minimum atomic E-state index is 0.218. The molecule has 1 unspecified atom stereocenters. The normalized spacial score (nSPS) is 19.6. The highest BCUT2D eigenvalue weighted by atomic mass is 16.3. The van der Waals surface area contributed by atoms with E-state index in [9.17, 15) is 5.11 Å². The molecule has 3 heteroatoms. The van der Waals surface area contributed by atoms with E-state index in [0.717, 1.165) is 5.92 Å². The average Bonchev–Trinajstić information content (AvgIpc) is 2.83. The summed E-state index contributed by atoms with van der Waals surface area (Å²) in [5.41, 5.74) is 4.15. The summed E-state index contributed by atoms with van der Waals surface area (Å²) in [4.78, 5) is 2.55. The standard InChI is InChI=1S/C17H22N2O/c1-11(10-20)13-3-4-15-14(9-13)16-12-5-7-19(8-6-12)17(16)18(15)2/h3-4,9,11-12,20H,5-8,10H2,1-2H3. The fourth-order valence-electron chi connectivity index (χ4n) is 4.05. The number of nitrogens with zero attached hydrogens (tertiary/aromatic N) is 2. The van der Waals surface area contributed by atoms with E-state index in [4.69, 9.17) is 0 Å². The van der Waals surface area contributed by atoms with Gasteiger partial charge in [-0.15, -0.1) is 0 Å². The van der Waals surface area contributed by atoms with Gasteiger partial charge in [-0.1, -0.05) is 13.0 Å². The Kier molecular flexibility index (Phi) is 2.61. The van der Waals surface area contributed by atoms with Crippen LogP contribution in [0.25, 0.3) is 10.9 Å². The lowest BCUT2D eigenvalue weighted by Gasteiger charge is -2.41. The summed E-state index contributed by atoms with van der Waals surface area (Å²) in [7, 11) is 2.19. The first kappa shape index (κ1) is 12.3. The van der Waals surface area contributed by atoms with Crippen molar-refractivity contribution in [1.29, 1.82) is 0 Å². The Morgan fingerprint density at radius 2 is 2.05 bits per heavy atom. The number of fused-ring (bicyclic) bond motifs is 3. The Morgan fingerprint density at radius 1 is 1.30 bits per heavy atom. The third-order valence-corrected chi connectivity index (χ3v) is 5.28. The van der Waals surface area contributed by atoms with Crippen molar-refractivity contribution in [2.45, 2.75) is 31.6 Å². The molecule has 0 saturated carbocycles. The van der Waals surface area contributed by atoms with Crippen molar-refractivity contribution in [2.24, 2.45) is 7.05 Å². The van der Waals surface area contributed by atoms with Crippen LogP contribution in [0.3, 0.4) is 0 Å². The number of piperidine rings is 1. The van der Waals surface area contributed by atoms with Gasteiger partial charge < -0.3 is 14.6 Å². The van der Waals surface area contributed by atoms with Gasteiger partial charge in [0.15, 0.2) is 0 Å². The van der Waals surface area contributed by atoms with Crippen molar-refractivity contribution in [2.75, 3.05) is 24.6 Å². The van der Waals surface area contributed by atoms with Crippen LogP contribution in [0.1, 0.15) is 42.7 Å². The molecule has 1 aromatic carbocycles. The number of aromatic nitrogens is 1. The molecule has 106 valence electrons. The van der Waals surface area contributed by atoms with Crippen LogP contribution in [0.4, 0.5) is 5.82 Å². The molecule has 20 heavy (non-hydrogen) atoms. The molecule has 0 spiro atoms. The van der Waals surface area contributed by atoms with Gasteiger partial charge in [-0.25, -0.2) is 0 Å². The summed E-state index contributed by atoms with van der Waals surface area (Å²) in [6, 6.07) is 6.72. The van der Waals surface area contributed by atoms with Gasteiger partial charge in [-0.3, -0.25) is 0 Å². The Morgan fingerprint density at radius 3 is 2.75 bits per heavy atom. The maximum Gasteiger partial charge on any atom is 0.112 e. The summed E-state index contributed by atoms with van der Waals surface area (Å²) < 4.78 is 2.36. The largest absolute Gasteiger partial charge is 0.396 e. The lowest BCUT2D eigenvalue weighted by molar-refractivity contribution is 0.273. The van der Waals surface area contributed by atoms with Crippen LogP contribution in [-0.4, -0.2) is 29.4 Å². The number of hydrogen-bond acceptors (Lipinski definition) is 2.